The summed E-state index contributed by atoms with van der Waals surface area (Å²) < 4.78 is 6.83. The molecule has 1 aliphatic carbocycles. The SMILES string of the molecule is CCOC(=O)C1(NCc2cc(=O)n3cc(C)ccc3n2)CCCCC1. The summed E-state index contributed by atoms with van der Waals surface area (Å²) in [6.45, 7) is 4.51. The van der Waals surface area contributed by atoms with Gasteiger partial charge >= 0.3 is 5.97 Å². The van der Waals surface area contributed by atoms with Gasteiger partial charge in [-0.25, -0.2) is 4.98 Å². The van der Waals surface area contributed by atoms with Gasteiger partial charge in [0.2, 0.25) is 0 Å². The van der Waals surface area contributed by atoms with E-state index in [0.29, 0.717) is 24.5 Å². The number of aromatic nitrogens is 2. The number of nitrogens with one attached hydrogen (secondary N) is 1. The number of fused-ring (bicyclic) bond motifs is 1. The van der Waals surface area contributed by atoms with Gasteiger partial charge in [-0.1, -0.05) is 25.3 Å². The molecule has 134 valence electrons. The van der Waals surface area contributed by atoms with Crippen LogP contribution in [0.15, 0.2) is 29.2 Å². The standard InChI is InChI=1S/C19H25N3O3/c1-3-25-18(24)19(9-5-4-6-10-19)20-12-15-11-17(23)22-13-14(2)7-8-16(22)21-15/h7-8,11,13,20H,3-6,9-10,12H2,1-2H3. The fourth-order valence-corrected chi connectivity index (χ4v) is 3.49. The maximum atomic E-state index is 12.5. The summed E-state index contributed by atoms with van der Waals surface area (Å²) in [6.07, 6.45) is 6.44. The number of pyridine rings is 1. The summed E-state index contributed by atoms with van der Waals surface area (Å²) in [7, 11) is 0. The predicted molar refractivity (Wildman–Crippen MR) is 95.5 cm³/mol. The number of rotatable bonds is 5. The minimum Gasteiger partial charge on any atom is -0.465 e. The minimum atomic E-state index is -0.658. The molecule has 3 rings (SSSR count). The molecule has 0 saturated heterocycles. The van der Waals surface area contributed by atoms with Gasteiger partial charge in [-0.15, -0.1) is 0 Å². The zero-order chi connectivity index (χ0) is 17.9. The first kappa shape index (κ1) is 17.6. The minimum absolute atomic E-state index is 0.112. The number of esters is 1. The number of hydrogen-bond donors (Lipinski definition) is 1. The second-order valence-electron chi connectivity index (χ2n) is 6.74. The maximum absolute atomic E-state index is 12.5. The summed E-state index contributed by atoms with van der Waals surface area (Å²) in [4.78, 5) is 29.4. The third kappa shape index (κ3) is 3.74. The Morgan fingerprint density at radius 2 is 2.08 bits per heavy atom. The Morgan fingerprint density at radius 1 is 1.32 bits per heavy atom. The van der Waals surface area contributed by atoms with Crippen molar-refractivity contribution in [2.24, 2.45) is 0 Å². The van der Waals surface area contributed by atoms with Crippen LogP contribution in [0.5, 0.6) is 0 Å². The second kappa shape index (κ2) is 7.35. The van der Waals surface area contributed by atoms with E-state index < -0.39 is 5.54 Å². The van der Waals surface area contributed by atoms with E-state index in [9.17, 15) is 9.59 Å². The Bertz CT molecular complexity index is 822. The molecule has 2 aromatic heterocycles. The first-order valence-corrected chi connectivity index (χ1v) is 8.95. The summed E-state index contributed by atoms with van der Waals surface area (Å²) in [6, 6.07) is 5.29. The number of ether oxygens (including phenoxy) is 1. The highest BCUT2D eigenvalue weighted by molar-refractivity contribution is 5.81. The molecular formula is C19H25N3O3. The van der Waals surface area contributed by atoms with Crippen LogP contribution in [0.25, 0.3) is 5.65 Å². The van der Waals surface area contributed by atoms with Crippen molar-refractivity contribution < 1.29 is 9.53 Å². The normalized spacial score (nSPS) is 16.7. The van der Waals surface area contributed by atoms with E-state index in [4.69, 9.17) is 4.74 Å². The molecule has 0 aromatic carbocycles. The van der Waals surface area contributed by atoms with Gasteiger partial charge in [-0.3, -0.25) is 19.3 Å². The molecule has 1 fully saturated rings. The highest BCUT2D eigenvalue weighted by Crippen LogP contribution is 2.29. The van der Waals surface area contributed by atoms with Crippen LogP contribution in [0.2, 0.25) is 0 Å². The largest absolute Gasteiger partial charge is 0.465 e. The van der Waals surface area contributed by atoms with Gasteiger partial charge in [0.1, 0.15) is 11.2 Å². The Kier molecular flexibility index (Phi) is 5.18. The average molecular weight is 343 g/mol. The summed E-state index contributed by atoms with van der Waals surface area (Å²) in [5, 5.41) is 3.35. The van der Waals surface area contributed by atoms with Crippen molar-refractivity contribution in [3.05, 3.63) is 46.0 Å². The van der Waals surface area contributed by atoms with Gasteiger partial charge in [0.15, 0.2) is 0 Å². The van der Waals surface area contributed by atoms with Gasteiger partial charge in [-0.2, -0.15) is 0 Å². The summed E-state index contributed by atoms with van der Waals surface area (Å²) in [5.41, 5.74) is 1.49. The third-order valence-corrected chi connectivity index (χ3v) is 4.84. The van der Waals surface area contributed by atoms with Crippen LogP contribution in [0.3, 0.4) is 0 Å². The smallest absolute Gasteiger partial charge is 0.326 e. The fraction of sp³-hybridized carbons (Fsp3) is 0.526. The van der Waals surface area contributed by atoms with Crippen molar-refractivity contribution in [2.45, 2.75) is 58.0 Å². The number of hydrogen-bond acceptors (Lipinski definition) is 5. The van der Waals surface area contributed by atoms with E-state index in [1.807, 2.05) is 26.0 Å². The molecule has 25 heavy (non-hydrogen) atoms. The molecule has 6 heteroatoms. The van der Waals surface area contributed by atoms with Crippen molar-refractivity contribution >= 4 is 11.6 Å². The lowest BCUT2D eigenvalue weighted by molar-refractivity contribution is -0.153. The van der Waals surface area contributed by atoms with E-state index in [1.165, 1.54) is 6.07 Å². The topological polar surface area (TPSA) is 72.7 Å². The van der Waals surface area contributed by atoms with Crippen molar-refractivity contribution in [3.63, 3.8) is 0 Å². The molecular weight excluding hydrogens is 318 g/mol. The Labute approximate surface area is 147 Å². The monoisotopic (exact) mass is 343 g/mol. The van der Waals surface area contributed by atoms with Crippen LogP contribution in [-0.2, 0) is 16.1 Å². The highest BCUT2D eigenvalue weighted by Gasteiger charge is 2.40. The van der Waals surface area contributed by atoms with E-state index in [0.717, 1.165) is 37.7 Å². The van der Waals surface area contributed by atoms with Gasteiger partial charge < -0.3 is 4.74 Å². The first-order chi connectivity index (χ1) is 12.0. The summed E-state index contributed by atoms with van der Waals surface area (Å²) in [5.74, 6) is -0.192. The zero-order valence-electron chi connectivity index (χ0n) is 14.9. The lowest BCUT2D eigenvalue weighted by Gasteiger charge is -2.35. The number of nitrogens with zero attached hydrogens (tertiary/aromatic N) is 2. The van der Waals surface area contributed by atoms with Crippen LogP contribution >= 0.6 is 0 Å². The molecule has 0 bridgehead atoms. The van der Waals surface area contributed by atoms with Gasteiger partial charge in [0.05, 0.1) is 12.3 Å². The third-order valence-electron chi connectivity index (χ3n) is 4.84. The van der Waals surface area contributed by atoms with Gasteiger partial charge in [0.25, 0.3) is 5.56 Å². The van der Waals surface area contributed by atoms with Gasteiger partial charge in [0, 0.05) is 18.8 Å². The molecule has 0 radical (unpaired) electrons. The molecule has 0 amide bonds. The number of carbonyl (C=O) groups is 1. The van der Waals surface area contributed by atoms with Crippen molar-refractivity contribution in [2.75, 3.05) is 6.61 Å². The van der Waals surface area contributed by atoms with Gasteiger partial charge in [-0.05, 0) is 38.3 Å². The number of aryl methyl sites for hydroxylation is 1. The molecule has 1 saturated carbocycles. The molecule has 0 unspecified atom stereocenters. The fourth-order valence-electron chi connectivity index (χ4n) is 3.49. The average Bonchev–Trinajstić information content (AvgIpc) is 2.61. The van der Waals surface area contributed by atoms with Crippen LogP contribution in [0.4, 0.5) is 0 Å². The van der Waals surface area contributed by atoms with E-state index >= 15 is 0 Å². The second-order valence-corrected chi connectivity index (χ2v) is 6.74. The highest BCUT2D eigenvalue weighted by atomic mass is 16.5. The quantitative estimate of drug-likeness (QED) is 0.844. The number of carbonyl (C=O) groups excluding carboxylic acids is 1. The van der Waals surface area contributed by atoms with E-state index in [2.05, 4.69) is 10.3 Å². The van der Waals surface area contributed by atoms with E-state index in [-0.39, 0.29) is 11.5 Å². The van der Waals surface area contributed by atoms with E-state index in [1.54, 1.807) is 10.6 Å². The van der Waals surface area contributed by atoms with Crippen LogP contribution in [0, 0.1) is 6.92 Å². The molecule has 0 spiro atoms. The van der Waals surface area contributed by atoms with Crippen LogP contribution in [0.1, 0.15) is 50.3 Å². The van der Waals surface area contributed by atoms with Crippen molar-refractivity contribution in [1.82, 2.24) is 14.7 Å². The molecule has 2 aromatic rings. The molecule has 0 atom stereocenters. The maximum Gasteiger partial charge on any atom is 0.326 e. The molecule has 0 aliphatic heterocycles. The molecule has 1 aliphatic rings. The molecule has 2 heterocycles. The van der Waals surface area contributed by atoms with Crippen LogP contribution < -0.4 is 10.9 Å². The summed E-state index contributed by atoms with van der Waals surface area (Å²) >= 11 is 0. The Hall–Kier alpha value is -2.21. The molecule has 1 N–H and O–H groups in total. The van der Waals surface area contributed by atoms with Crippen molar-refractivity contribution in [1.29, 1.82) is 0 Å². The van der Waals surface area contributed by atoms with Crippen molar-refractivity contribution in [3.8, 4) is 0 Å². The zero-order valence-corrected chi connectivity index (χ0v) is 14.9. The lowest BCUT2D eigenvalue weighted by atomic mass is 9.81. The Balaban J connectivity index is 1.83. The Morgan fingerprint density at radius 3 is 2.80 bits per heavy atom. The van der Waals surface area contributed by atoms with Crippen LogP contribution in [-0.4, -0.2) is 27.5 Å². The lowest BCUT2D eigenvalue weighted by Crippen LogP contribution is -2.54. The molecule has 6 nitrogen and oxygen atoms in total. The predicted octanol–water partition coefficient (Wildman–Crippen LogP) is 2.36. The first-order valence-electron chi connectivity index (χ1n) is 8.95.